The van der Waals surface area contributed by atoms with Crippen molar-refractivity contribution in [2.75, 3.05) is 13.1 Å². The number of nitrogens with one attached hydrogen (secondary N) is 4. The Balaban J connectivity index is 2.39. The molecule has 0 aliphatic carbocycles. The molecule has 1 rings (SSSR count). The molecule has 0 bridgehead atoms. The number of nitrogens with zero attached hydrogens (tertiary/aromatic N) is 1. The van der Waals surface area contributed by atoms with Crippen molar-refractivity contribution in [1.29, 1.82) is 0 Å². The number of carboxylic acid groups (broad SMARTS) is 1. The van der Waals surface area contributed by atoms with Gasteiger partial charge in [-0.3, -0.25) is 14.4 Å². The van der Waals surface area contributed by atoms with Crippen LogP contribution in [0.5, 0.6) is 0 Å². The van der Waals surface area contributed by atoms with E-state index in [0.29, 0.717) is 5.69 Å². The number of carbonyl (C=O) groups excluding carboxylic acids is 3. The van der Waals surface area contributed by atoms with Gasteiger partial charge >= 0.3 is 5.97 Å². The highest BCUT2D eigenvalue weighted by Crippen LogP contribution is 1.98. The molecule has 1 atom stereocenters. The Morgan fingerprint density at radius 1 is 1.23 bits per heavy atom. The molecule has 5 N–H and O–H groups in total. The maximum atomic E-state index is 11.6. The number of hydrogen-bond acceptors (Lipinski definition) is 5. The largest absolute Gasteiger partial charge is 0.480 e. The molecule has 0 aliphatic heterocycles. The monoisotopic (exact) mass is 311 g/mol. The summed E-state index contributed by atoms with van der Waals surface area (Å²) >= 11 is 0. The lowest BCUT2D eigenvalue weighted by Gasteiger charge is -2.14. The molecule has 0 saturated carbocycles. The van der Waals surface area contributed by atoms with E-state index in [0.717, 1.165) is 0 Å². The number of H-pyrrole nitrogens is 1. The minimum Gasteiger partial charge on any atom is -0.480 e. The number of amides is 3. The summed E-state index contributed by atoms with van der Waals surface area (Å²) in [6.45, 7) is 0.622. The number of aromatic amines is 1. The van der Waals surface area contributed by atoms with Gasteiger partial charge in [-0.15, -0.1) is 0 Å². The molecule has 1 heterocycles. The van der Waals surface area contributed by atoms with E-state index in [-0.39, 0.29) is 25.4 Å². The van der Waals surface area contributed by atoms with Crippen LogP contribution >= 0.6 is 0 Å². The van der Waals surface area contributed by atoms with Crippen molar-refractivity contribution in [3.05, 3.63) is 18.2 Å². The van der Waals surface area contributed by atoms with E-state index in [9.17, 15) is 19.2 Å². The summed E-state index contributed by atoms with van der Waals surface area (Å²) in [6.07, 6.45) is 2.90. The average molecular weight is 311 g/mol. The molecular formula is C12H17N5O5. The Bertz CT molecular complexity index is 542. The lowest BCUT2D eigenvalue weighted by atomic mass is 10.1. The lowest BCUT2D eigenvalue weighted by Crippen LogP contribution is -2.47. The van der Waals surface area contributed by atoms with Gasteiger partial charge in [-0.25, -0.2) is 9.78 Å². The first-order chi connectivity index (χ1) is 10.4. The van der Waals surface area contributed by atoms with E-state index in [1.807, 2.05) is 0 Å². The summed E-state index contributed by atoms with van der Waals surface area (Å²) in [4.78, 5) is 51.1. The first-order valence-corrected chi connectivity index (χ1v) is 6.39. The van der Waals surface area contributed by atoms with Crippen LogP contribution in [-0.2, 0) is 25.6 Å². The number of aliphatic carboxylic acids is 1. The van der Waals surface area contributed by atoms with Crippen LogP contribution in [0.4, 0.5) is 0 Å². The molecule has 120 valence electrons. The summed E-state index contributed by atoms with van der Waals surface area (Å²) in [5.41, 5.74) is 0.558. The van der Waals surface area contributed by atoms with Crippen LogP contribution in [-0.4, -0.2) is 57.9 Å². The number of hydrogen-bond donors (Lipinski definition) is 5. The van der Waals surface area contributed by atoms with Gasteiger partial charge in [-0.05, 0) is 0 Å². The van der Waals surface area contributed by atoms with Gasteiger partial charge in [-0.2, -0.15) is 0 Å². The zero-order valence-corrected chi connectivity index (χ0v) is 11.9. The molecule has 1 unspecified atom stereocenters. The summed E-state index contributed by atoms with van der Waals surface area (Å²) in [6, 6.07) is -1.14. The summed E-state index contributed by atoms with van der Waals surface area (Å²) in [5, 5.41) is 15.9. The molecule has 0 aliphatic rings. The lowest BCUT2D eigenvalue weighted by molar-refractivity contribution is -0.141. The minimum atomic E-state index is -1.20. The van der Waals surface area contributed by atoms with Gasteiger partial charge in [0.25, 0.3) is 0 Å². The predicted octanol–water partition coefficient (Wildman–Crippen LogP) is -2.23. The van der Waals surface area contributed by atoms with Crippen molar-refractivity contribution in [3.63, 3.8) is 0 Å². The molecule has 22 heavy (non-hydrogen) atoms. The molecule has 10 heteroatoms. The molecule has 3 amide bonds. The fourth-order valence-electron chi connectivity index (χ4n) is 1.51. The SMILES string of the molecule is CC(=O)NCC(=O)NCC(=O)NC(Cc1cnc[nH]1)C(=O)O. The van der Waals surface area contributed by atoms with Crippen LogP contribution in [0.3, 0.4) is 0 Å². The van der Waals surface area contributed by atoms with Crippen LogP contribution < -0.4 is 16.0 Å². The molecule has 0 radical (unpaired) electrons. The topological polar surface area (TPSA) is 153 Å². The standard InChI is InChI=1S/C12H17N5O5/c1-7(18)14-4-10(19)15-5-11(20)17-9(12(21)22)2-8-3-13-6-16-8/h3,6,9H,2,4-5H2,1H3,(H,13,16)(H,14,18)(H,15,19)(H,17,20)(H,21,22). The van der Waals surface area contributed by atoms with Crippen molar-refractivity contribution < 1.29 is 24.3 Å². The molecule has 1 aromatic heterocycles. The fourth-order valence-corrected chi connectivity index (χ4v) is 1.51. The van der Waals surface area contributed by atoms with Gasteiger partial charge in [0.1, 0.15) is 6.04 Å². The Morgan fingerprint density at radius 3 is 2.45 bits per heavy atom. The number of rotatable bonds is 8. The summed E-state index contributed by atoms with van der Waals surface area (Å²) in [5.74, 6) is -2.77. The van der Waals surface area contributed by atoms with E-state index in [2.05, 4.69) is 25.9 Å². The van der Waals surface area contributed by atoms with Crippen LogP contribution in [0.25, 0.3) is 0 Å². The van der Waals surface area contributed by atoms with Crippen molar-refractivity contribution >= 4 is 23.7 Å². The molecule has 0 fully saturated rings. The number of carboxylic acids is 1. The normalized spacial score (nSPS) is 11.3. The molecule has 1 aromatic rings. The quantitative estimate of drug-likeness (QED) is 0.366. The predicted molar refractivity (Wildman–Crippen MR) is 73.6 cm³/mol. The van der Waals surface area contributed by atoms with Gasteiger partial charge in [0.05, 0.1) is 19.4 Å². The second-order valence-corrected chi connectivity index (χ2v) is 4.43. The van der Waals surface area contributed by atoms with Crippen LogP contribution in [0, 0.1) is 0 Å². The smallest absolute Gasteiger partial charge is 0.326 e. The zero-order valence-electron chi connectivity index (χ0n) is 11.9. The molecule has 0 aromatic carbocycles. The van der Waals surface area contributed by atoms with E-state index in [4.69, 9.17) is 5.11 Å². The minimum absolute atomic E-state index is 0.0426. The first-order valence-electron chi connectivity index (χ1n) is 6.39. The third kappa shape index (κ3) is 6.50. The van der Waals surface area contributed by atoms with E-state index in [1.54, 1.807) is 0 Å². The Hall–Kier alpha value is -2.91. The van der Waals surface area contributed by atoms with Gasteiger partial charge in [0.2, 0.25) is 17.7 Å². The van der Waals surface area contributed by atoms with Gasteiger partial charge < -0.3 is 26.0 Å². The van der Waals surface area contributed by atoms with Crippen molar-refractivity contribution in [1.82, 2.24) is 25.9 Å². The number of carbonyl (C=O) groups is 4. The second kappa shape index (κ2) is 8.39. The van der Waals surface area contributed by atoms with Gasteiger partial charge in [-0.1, -0.05) is 0 Å². The van der Waals surface area contributed by atoms with Crippen LogP contribution in [0.1, 0.15) is 12.6 Å². The van der Waals surface area contributed by atoms with Gasteiger partial charge in [0, 0.05) is 25.2 Å². The highest BCUT2D eigenvalue weighted by atomic mass is 16.4. The molecule has 0 saturated heterocycles. The van der Waals surface area contributed by atoms with Crippen LogP contribution in [0.2, 0.25) is 0 Å². The van der Waals surface area contributed by atoms with Crippen molar-refractivity contribution in [2.24, 2.45) is 0 Å². The Labute approximate surface area is 125 Å². The second-order valence-electron chi connectivity index (χ2n) is 4.43. The molecular weight excluding hydrogens is 294 g/mol. The van der Waals surface area contributed by atoms with Crippen molar-refractivity contribution in [2.45, 2.75) is 19.4 Å². The fraction of sp³-hybridized carbons (Fsp3) is 0.417. The van der Waals surface area contributed by atoms with E-state index >= 15 is 0 Å². The highest BCUT2D eigenvalue weighted by Gasteiger charge is 2.21. The van der Waals surface area contributed by atoms with Crippen molar-refractivity contribution in [3.8, 4) is 0 Å². The molecule has 0 spiro atoms. The Morgan fingerprint density at radius 2 is 1.91 bits per heavy atom. The van der Waals surface area contributed by atoms with E-state index in [1.165, 1.54) is 19.4 Å². The highest BCUT2D eigenvalue weighted by molar-refractivity contribution is 5.89. The third-order valence-corrected chi connectivity index (χ3v) is 2.56. The number of imidazole rings is 1. The maximum absolute atomic E-state index is 11.6. The zero-order chi connectivity index (χ0) is 16.5. The maximum Gasteiger partial charge on any atom is 0.326 e. The molecule has 10 nitrogen and oxygen atoms in total. The van der Waals surface area contributed by atoms with E-state index < -0.39 is 23.8 Å². The Kier molecular flexibility index (Phi) is 6.54. The number of aromatic nitrogens is 2. The summed E-state index contributed by atoms with van der Waals surface area (Å²) in [7, 11) is 0. The average Bonchev–Trinajstić information content (AvgIpc) is 2.95. The summed E-state index contributed by atoms with van der Waals surface area (Å²) < 4.78 is 0. The third-order valence-electron chi connectivity index (χ3n) is 2.56. The first kappa shape index (κ1) is 17.1. The van der Waals surface area contributed by atoms with Crippen LogP contribution in [0.15, 0.2) is 12.5 Å². The van der Waals surface area contributed by atoms with Gasteiger partial charge in [0.15, 0.2) is 0 Å².